The number of hydrogen-bond donors (Lipinski definition) is 3. The lowest BCUT2D eigenvalue weighted by Crippen LogP contribution is -2.30. The molecule has 17 nitrogen and oxygen atoms in total. The average Bonchev–Trinajstić information content (AvgIpc) is 0.935. The minimum atomic E-state index is -4.99. The SMILES string of the molecule is CCCCC/C=C\C/C=C\C/C=C\C/C=C\C/C=C\CCC(=O)OC[C@H](COP(=O)(O)OC[C@@H](O)COP(=O)(O)OC[C@@H](COC(=O)CCCCCCC/C=C\C/C=C\CCCCC)OC(=O)CCCCCCCCCCCCCCC)OC(=O)CCCCCCCCCCCCCCC. The van der Waals surface area contributed by atoms with Crippen molar-refractivity contribution in [3.8, 4) is 0 Å². The van der Waals surface area contributed by atoms with Crippen LogP contribution in [0.2, 0.25) is 0 Å². The number of allylic oxidation sites excluding steroid dienone is 14. The lowest BCUT2D eigenvalue weighted by atomic mass is 10.0. The van der Waals surface area contributed by atoms with E-state index < -0.39 is 97.5 Å². The first-order valence-electron chi connectivity index (χ1n) is 39.8. The van der Waals surface area contributed by atoms with E-state index in [1.165, 1.54) is 141 Å². The molecule has 0 fully saturated rings. The van der Waals surface area contributed by atoms with Crippen LogP contribution in [0, 0.1) is 0 Å². The maximum atomic E-state index is 13.1. The molecule has 19 heteroatoms. The van der Waals surface area contributed by atoms with E-state index in [-0.39, 0.29) is 25.7 Å². The number of esters is 4. The standard InChI is InChI=1S/C81H144O17P2/c1-5-9-13-17-21-25-29-33-35-36-37-38-40-44-46-50-54-58-62-66-79(84)92-72-77(98-81(86)68-64-60-56-52-48-42-32-28-24-20-16-12-8-4)74-96-100(89,90)94-70-75(82)69-93-99(87,88)95-73-76(97-80(85)67-63-59-55-51-47-41-31-27-23-19-15-11-7-3)71-91-78(83)65-61-57-53-49-45-43-39-34-30-26-22-18-14-10-6-2/h21-22,25-26,33-35,37-39,44,46,54,58,75-77,82H,5-20,23-24,27-32,36,40-43,45,47-53,55-57,59-74H2,1-4H3,(H,87,88)(H,89,90)/b25-21-,26-22-,35-33-,38-37-,39-34-,46-44-,58-54-/t75-,76+,77+/m0/s1. The summed E-state index contributed by atoms with van der Waals surface area (Å²) in [5.41, 5.74) is 0. The molecular formula is C81H144O17P2. The summed E-state index contributed by atoms with van der Waals surface area (Å²) >= 11 is 0. The van der Waals surface area contributed by atoms with Gasteiger partial charge in [-0.1, -0.05) is 312 Å². The second-order valence-corrected chi connectivity index (χ2v) is 29.6. The monoisotopic (exact) mass is 1450 g/mol. The van der Waals surface area contributed by atoms with Crippen molar-refractivity contribution in [2.45, 2.75) is 367 Å². The van der Waals surface area contributed by atoms with Crippen LogP contribution in [0.5, 0.6) is 0 Å². The summed E-state index contributed by atoms with van der Waals surface area (Å²) in [5, 5.41) is 10.6. The van der Waals surface area contributed by atoms with Gasteiger partial charge in [0, 0.05) is 25.7 Å². The van der Waals surface area contributed by atoms with Crippen LogP contribution in [-0.2, 0) is 65.4 Å². The van der Waals surface area contributed by atoms with E-state index in [1.807, 2.05) is 12.2 Å². The highest BCUT2D eigenvalue weighted by Crippen LogP contribution is 2.45. The van der Waals surface area contributed by atoms with Gasteiger partial charge in [0.15, 0.2) is 12.2 Å². The first-order chi connectivity index (χ1) is 48.7. The van der Waals surface area contributed by atoms with E-state index in [4.69, 9.17) is 37.0 Å². The summed E-state index contributed by atoms with van der Waals surface area (Å²) in [7, 11) is -9.96. The quantitative estimate of drug-likeness (QED) is 0.0169. The molecule has 0 aliphatic heterocycles. The van der Waals surface area contributed by atoms with Crippen molar-refractivity contribution in [2.24, 2.45) is 0 Å². The molecule has 580 valence electrons. The zero-order valence-electron chi connectivity index (χ0n) is 63.4. The molecule has 5 atom stereocenters. The lowest BCUT2D eigenvalue weighted by molar-refractivity contribution is -0.161. The fourth-order valence-electron chi connectivity index (χ4n) is 10.8. The molecule has 0 rings (SSSR count). The van der Waals surface area contributed by atoms with Gasteiger partial charge in [-0.2, -0.15) is 0 Å². The van der Waals surface area contributed by atoms with E-state index in [2.05, 4.69) is 101 Å². The highest BCUT2D eigenvalue weighted by atomic mass is 31.2. The van der Waals surface area contributed by atoms with Crippen molar-refractivity contribution >= 4 is 39.5 Å². The lowest BCUT2D eigenvalue weighted by Gasteiger charge is -2.21. The van der Waals surface area contributed by atoms with Crippen LogP contribution in [0.1, 0.15) is 349 Å². The summed E-state index contributed by atoms with van der Waals surface area (Å²) in [6, 6.07) is 0. The zero-order chi connectivity index (χ0) is 73.2. The van der Waals surface area contributed by atoms with Crippen LogP contribution in [0.3, 0.4) is 0 Å². The summed E-state index contributed by atoms with van der Waals surface area (Å²) < 4.78 is 68.5. The number of carbonyl (C=O) groups is 4. The van der Waals surface area contributed by atoms with Crippen LogP contribution >= 0.6 is 15.6 Å². The van der Waals surface area contributed by atoms with Gasteiger partial charge in [0.1, 0.15) is 19.3 Å². The number of carbonyl (C=O) groups excluding carboxylic acids is 4. The molecule has 0 amide bonds. The fourth-order valence-corrected chi connectivity index (χ4v) is 12.3. The molecule has 100 heavy (non-hydrogen) atoms. The van der Waals surface area contributed by atoms with Gasteiger partial charge < -0.3 is 33.8 Å². The van der Waals surface area contributed by atoms with Gasteiger partial charge >= 0.3 is 39.5 Å². The second-order valence-electron chi connectivity index (χ2n) is 26.7. The molecule has 0 saturated heterocycles. The molecule has 0 spiro atoms. The van der Waals surface area contributed by atoms with Gasteiger partial charge in [0.25, 0.3) is 0 Å². The van der Waals surface area contributed by atoms with Gasteiger partial charge in [-0.3, -0.25) is 37.3 Å². The van der Waals surface area contributed by atoms with Crippen molar-refractivity contribution < 1.29 is 80.2 Å². The van der Waals surface area contributed by atoms with E-state index in [1.54, 1.807) is 0 Å². The molecule has 0 radical (unpaired) electrons. The minimum absolute atomic E-state index is 0.0410. The van der Waals surface area contributed by atoms with Crippen molar-refractivity contribution in [1.29, 1.82) is 0 Å². The third-order valence-corrected chi connectivity index (χ3v) is 18.8. The number of aliphatic hydroxyl groups is 1. The molecule has 0 saturated carbocycles. The second kappa shape index (κ2) is 73.5. The highest BCUT2D eigenvalue weighted by molar-refractivity contribution is 7.47. The van der Waals surface area contributed by atoms with Crippen LogP contribution < -0.4 is 0 Å². The number of phosphoric ester groups is 2. The maximum absolute atomic E-state index is 13.1. The Morgan fingerprint density at radius 3 is 0.830 bits per heavy atom. The van der Waals surface area contributed by atoms with Crippen LogP contribution in [0.25, 0.3) is 0 Å². The first kappa shape index (κ1) is 96.2. The number of aliphatic hydroxyl groups excluding tert-OH is 1. The molecule has 0 aliphatic rings. The summed E-state index contributed by atoms with van der Waals surface area (Å²) in [5.74, 6) is -2.26. The Morgan fingerprint density at radius 1 is 0.280 bits per heavy atom. The Hall–Kier alpha value is -3.76. The molecule has 0 heterocycles. The summed E-state index contributed by atoms with van der Waals surface area (Å²) in [6.45, 7) is 4.77. The van der Waals surface area contributed by atoms with Crippen molar-refractivity contribution in [3.63, 3.8) is 0 Å². The van der Waals surface area contributed by atoms with Crippen LogP contribution in [0.4, 0.5) is 0 Å². The van der Waals surface area contributed by atoms with Crippen molar-refractivity contribution in [1.82, 2.24) is 0 Å². The Morgan fingerprint density at radius 2 is 0.510 bits per heavy atom. The third-order valence-electron chi connectivity index (χ3n) is 16.9. The Bertz CT molecular complexity index is 2230. The number of rotatable bonds is 75. The smallest absolute Gasteiger partial charge is 0.462 e. The fraction of sp³-hybridized carbons (Fsp3) is 0.778. The topological polar surface area (TPSA) is 237 Å². The van der Waals surface area contributed by atoms with Crippen LogP contribution in [-0.4, -0.2) is 96.7 Å². The Kier molecular flexibility index (Phi) is 70.8. The van der Waals surface area contributed by atoms with E-state index in [0.29, 0.717) is 32.1 Å². The Labute approximate surface area is 608 Å². The van der Waals surface area contributed by atoms with E-state index >= 15 is 0 Å². The molecule has 0 aromatic carbocycles. The summed E-state index contributed by atoms with van der Waals surface area (Å²) in [4.78, 5) is 72.9. The predicted octanol–water partition coefficient (Wildman–Crippen LogP) is 23.0. The number of unbranched alkanes of at least 4 members (excludes halogenated alkanes) is 35. The van der Waals surface area contributed by atoms with Gasteiger partial charge in [0.05, 0.1) is 26.4 Å². The molecular weight excluding hydrogens is 1310 g/mol. The predicted molar refractivity (Wildman–Crippen MR) is 409 cm³/mol. The largest absolute Gasteiger partial charge is 0.472 e. The van der Waals surface area contributed by atoms with Crippen molar-refractivity contribution in [3.05, 3.63) is 85.1 Å². The van der Waals surface area contributed by atoms with Gasteiger partial charge in [0.2, 0.25) is 0 Å². The van der Waals surface area contributed by atoms with Crippen molar-refractivity contribution in [2.75, 3.05) is 39.6 Å². The normalized spacial score (nSPS) is 14.3. The van der Waals surface area contributed by atoms with E-state index in [0.717, 1.165) is 122 Å². The van der Waals surface area contributed by atoms with Gasteiger partial charge in [-0.25, -0.2) is 9.13 Å². The molecule has 0 aromatic heterocycles. The molecule has 0 aliphatic carbocycles. The maximum Gasteiger partial charge on any atom is 0.472 e. The summed E-state index contributed by atoms with van der Waals surface area (Å²) in [6.07, 6.45) is 75.7. The van der Waals surface area contributed by atoms with E-state index in [9.17, 15) is 43.2 Å². The molecule has 0 bridgehead atoms. The number of hydrogen-bond acceptors (Lipinski definition) is 15. The first-order valence-corrected chi connectivity index (χ1v) is 42.8. The molecule has 3 N–H and O–H groups in total. The number of phosphoric acid groups is 2. The van der Waals surface area contributed by atoms with Crippen LogP contribution in [0.15, 0.2) is 85.1 Å². The third kappa shape index (κ3) is 72.6. The number of ether oxygens (including phenoxy) is 4. The zero-order valence-corrected chi connectivity index (χ0v) is 65.2. The average molecular weight is 1450 g/mol. The van der Waals surface area contributed by atoms with Gasteiger partial charge in [-0.15, -0.1) is 0 Å². The minimum Gasteiger partial charge on any atom is -0.462 e. The van der Waals surface area contributed by atoms with Gasteiger partial charge in [-0.05, 0) is 96.3 Å². The highest BCUT2D eigenvalue weighted by Gasteiger charge is 2.30. The molecule has 2 unspecified atom stereocenters. The Balaban J connectivity index is 5.38. The molecule has 0 aromatic rings.